The summed E-state index contributed by atoms with van der Waals surface area (Å²) in [5, 5.41) is 1.08. The second kappa shape index (κ2) is 10.1. The smallest absolute Gasteiger partial charge is 0.341 e. The summed E-state index contributed by atoms with van der Waals surface area (Å²) < 4.78 is 12.6. The molecule has 1 fully saturated rings. The Morgan fingerprint density at radius 3 is 2.67 bits per heavy atom. The van der Waals surface area contributed by atoms with Gasteiger partial charge >= 0.3 is 5.97 Å². The predicted octanol–water partition coefficient (Wildman–Crippen LogP) is 7.06. The molecule has 2 aromatic heterocycles. The first-order chi connectivity index (χ1) is 19.0. The van der Waals surface area contributed by atoms with E-state index >= 15 is 0 Å². The third kappa shape index (κ3) is 3.91. The number of fused-ring (bicyclic) bond motifs is 2. The summed E-state index contributed by atoms with van der Waals surface area (Å²) in [5.41, 5.74) is 5.85. The lowest BCUT2D eigenvalue weighted by Gasteiger charge is -2.36. The van der Waals surface area contributed by atoms with Crippen LogP contribution in [0, 0.1) is 6.92 Å². The van der Waals surface area contributed by atoms with Gasteiger partial charge in [-0.25, -0.2) is 4.79 Å². The minimum atomic E-state index is -1.24. The van der Waals surface area contributed by atoms with E-state index in [1.54, 1.807) is 25.4 Å². The average Bonchev–Trinajstić information content (AvgIpc) is 3.47. The van der Waals surface area contributed by atoms with Crippen LogP contribution in [-0.2, 0) is 16.8 Å². The van der Waals surface area contributed by atoms with Gasteiger partial charge in [-0.1, -0.05) is 38.3 Å². The van der Waals surface area contributed by atoms with Crippen molar-refractivity contribution in [3.05, 3.63) is 88.4 Å². The summed E-state index contributed by atoms with van der Waals surface area (Å²) in [6.45, 7) is 7.35. The number of benzene rings is 2. The lowest BCUT2D eigenvalue weighted by Crippen LogP contribution is -2.37. The quantitative estimate of drug-likeness (QED) is 0.263. The van der Waals surface area contributed by atoms with Gasteiger partial charge in [0.15, 0.2) is 0 Å². The lowest BCUT2D eigenvalue weighted by atomic mass is 9.79. The molecule has 2 aromatic carbocycles. The van der Waals surface area contributed by atoms with Crippen LogP contribution in [0.15, 0.2) is 54.7 Å². The van der Waals surface area contributed by atoms with E-state index in [1.165, 1.54) is 37.7 Å². The van der Waals surface area contributed by atoms with Gasteiger partial charge in [0.25, 0.3) is 0 Å². The fourth-order valence-electron chi connectivity index (χ4n) is 6.96. The standard InChI is InChI=1S/C33H37N3O3/c1-5-22-12-10-16-27-29(22)30(21(3)35-27)33(31-25(32(37)39-33)15-11-19-34-31)26-18-17-24(20-28(26)38-4)36(6-2)23-13-8-7-9-14-23/h10-12,15-20,23,35H,5-9,13-14H2,1-4H3. The van der Waals surface area contributed by atoms with E-state index in [-0.39, 0.29) is 5.97 Å². The molecular weight excluding hydrogens is 486 g/mol. The predicted molar refractivity (Wildman–Crippen MR) is 155 cm³/mol. The maximum Gasteiger partial charge on any atom is 0.341 e. The van der Waals surface area contributed by atoms with Gasteiger partial charge in [-0.15, -0.1) is 0 Å². The molecule has 1 N–H and O–H groups in total. The van der Waals surface area contributed by atoms with Crippen LogP contribution in [0.4, 0.5) is 5.69 Å². The number of aromatic amines is 1. The van der Waals surface area contributed by atoms with Gasteiger partial charge in [0.05, 0.1) is 12.7 Å². The number of ether oxygens (including phenoxy) is 2. The van der Waals surface area contributed by atoms with Crippen molar-refractivity contribution in [2.75, 3.05) is 18.6 Å². The van der Waals surface area contributed by atoms with E-state index in [0.717, 1.165) is 46.4 Å². The van der Waals surface area contributed by atoms with Gasteiger partial charge in [0, 0.05) is 58.3 Å². The third-order valence-corrected chi connectivity index (χ3v) is 8.69. The Hall–Kier alpha value is -3.80. The van der Waals surface area contributed by atoms with Crippen molar-refractivity contribution >= 4 is 22.6 Å². The summed E-state index contributed by atoms with van der Waals surface area (Å²) in [4.78, 5) is 24.3. The fraction of sp³-hybridized carbons (Fsp3) is 0.394. The van der Waals surface area contributed by atoms with Crippen molar-refractivity contribution in [2.45, 2.75) is 70.9 Å². The number of H-pyrrole nitrogens is 1. The molecule has 6 rings (SSSR count). The van der Waals surface area contributed by atoms with Gasteiger partial charge < -0.3 is 19.4 Å². The number of nitrogens with one attached hydrogen (secondary N) is 1. The van der Waals surface area contributed by atoms with Crippen LogP contribution in [0.1, 0.15) is 84.4 Å². The molecule has 1 saturated carbocycles. The first-order valence-electron chi connectivity index (χ1n) is 14.3. The van der Waals surface area contributed by atoms with Crippen LogP contribution in [0.2, 0.25) is 0 Å². The first-order valence-corrected chi connectivity index (χ1v) is 14.3. The van der Waals surface area contributed by atoms with Crippen LogP contribution in [0.3, 0.4) is 0 Å². The fourth-order valence-corrected chi connectivity index (χ4v) is 6.96. The van der Waals surface area contributed by atoms with E-state index in [9.17, 15) is 4.79 Å². The average molecular weight is 524 g/mol. The molecule has 0 spiro atoms. The van der Waals surface area contributed by atoms with Crippen molar-refractivity contribution in [3.63, 3.8) is 0 Å². The first kappa shape index (κ1) is 25.5. The number of rotatable bonds is 7. The highest BCUT2D eigenvalue weighted by Gasteiger charge is 2.53. The number of aromatic nitrogens is 2. The second-order valence-corrected chi connectivity index (χ2v) is 10.8. The lowest BCUT2D eigenvalue weighted by molar-refractivity contribution is 0.0239. The molecule has 4 aromatic rings. The van der Waals surface area contributed by atoms with Gasteiger partial charge in [0.1, 0.15) is 11.4 Å². The molecule has 0 radical (unpaired) electrons. The third-order valence-electron chi connectivity index (χ3n) is 8.69. The van der Waals surface area contributed by atoms with Crippen molar-refractivity contribution < 1.29 is 14.3 Å². The molecule has 2 aliphatic rings. The molecular formula is C33H37N3O3. The minimum Gasteiger partial charge on any atom is -0.496 e. The molecule has 0 bridgehead atoms. The number of hydrogen-bond donors (Lipinski definition) is 1. The van der Waals surface area contributed by atoms with Gasteiger partial charge in [-0.05, 0) is 69.0 Å². The Morgan fingerprint density at radius 1 is 1.10 bits per heavy atom. The zero-order valence-electron chi connectivity index (χ0n) is 23.3. The maximum atomic E-state index is 13.5. The van der Waals surface area contributed by atoms with Gasteiger partial charge in [-0.3, -0.25) is 4.98 Å². The van der Waals surface area contributed by atoms with E-state index in [4.69, 9.17) is 14.5 Å². The number of pyridine rings is 1. The van der Waals surface area contributed by atoms with Crippen molar-refractivity contribution in [3.8, 4) is 5.75 Å². The van der Waals surface area contributed by atoms with Crippen LogP contribution in [0.5, 0.6) is 5.75 Å². The summed E-state index contributed by atoms with van der Waals surface area (Å²) >= 11 is 0. The van der Waals surface area contributed by atoms with Crippen molar-refractivity contribution in [1.82, 2.24) is 9.97 Å². The molecule has 202 valence electrons. The summed E-state index contributed by atoms with van der Waals surface area (Å²) in [6.07, 6.45) is 8.89. The maximum absolute atomic E-state index is 13.5. The molecule has 0 amide bonds. The highest BCUT2D eigenvalue weighted by atomic mass is 16.6. The van der Waals surface area contributed by atoms with Gasteiger partial charge in [0.2, 0.25) is 5.60 Å². The summed E-state index contributed by atoms with van der Waals surface area (Å²) in [6, 6.07) is 16.8. The zero-order chi connectivity index (χ0) is 27.1. The summed E-state index contributed by atoms with van der Waals surface area (Å²) in [5.74, 6) is 0.320. The SMILES string of the molecule is CCc1cccc2[nH]c(C)c(C3(c4ccc(N(CC)C5CCCCC5)cc4OC)OC(=O)c4cccnc43)c12. The normalized spacial score (nSPS) is 19.2. The molecule has 39 heavy (non-hydrogen) atoms. The Labute approximate surface area is 230 Å². The number of esters is 1. The van der Waals surface area contributed by atoms with Gasteiger partial charge in [-0.2, -0.15) is 0 Å². The van der Waals surface area contributed by atoms with E-state index in [0.29, 0.717) is 23.0 Å². The van der Waals surface area contributed by atoms with E-state index in [1.807, 2.05) is 6.92 Å². The largest absolute Gasteiger partial charge is 0.496 e. The molecule has 1 aliphatic heterocycles. The number of methoxy groups -OCH3 is 1. The van der Waals surface area contributed by atoms with Crippen LogP contribution in [0.25, 0.3) is 10.9 Å². The minimum absolute atomic E-state index is 0.371. The second-order valence-electron chi connectivity index (χ2n) is 10.8. The molecule has 6 heteroatoms. The number of aryl methyl sites for hydroxylation is 2. The number of carbonyl (C=O) groups is 1. The van der Waals surface area contributed by atoms with Crippen LogP contribution in [-0.4, -0.2) is 35.6 Å². The van der Waals surface area contributed by atoms with E-state index in [2.05, 4.69) is 60.1 Å². The molecule has 1 atom stereocenters. The number of carbonyl (C=O) groups excluding carboxylic acids is 1. The molecule has 1 aliphatic carbocycles. The number of cyclic esters (lactones) is 1. The van der Waals surface area contributed by atoms with Crippen molar-refractivity contribution in [2.24, 2.45) is 0 Å². The Bertz CT molecular complexity index is 1530. The summed E-state index contributed by atoms with van der Waals surface area (Å²) in [7, 11) is 1.70. The van der Waals surface area contributed by atoms with Crippen LogP contribution >= 0.6 is 0 Å². The molecule has 0 saturated heterocycles. The molecule has 1 unspecified atom stereocenters. The highest BCUT2D eigenvalue weighted by Crippen LogP contribution is 2.53. The van der Waals surface area contributed by atoms with E-state index < -0.39 is 5.60 Å². The van der Waals surface area contributed by atoms with Crippen molar-refractivity contribution in [1.29, 1.82) is 0 Å². The highest BCUT2D eigenvalue weighted by molar-refractivity contribution is 5.98. The molecule has 3 heterocycles. The monoisotopic (exact) mass is 523 g/mol. The Kier molecular flexibility index (Phi) is 6.57. The number of anilines is 1. The number of hydrogen-bond acceptors (Lipinski definition) is 5. The topological polar surface area (TPSA) is 67.5 Å². The van der Waals surface area contributed by atoms with Crippen LogP contribution < -0.4 is 9.64 Å². The molecule has 6 nitrogen and oxygen atoms in total. The number of nitrogens with zero attached hydrogens (tertiary/aromatic N) is 2. The Morgan fingerprint density at radius 2 is 1.92 bits per heavy atom. The Balaban J connectivity index is 1.62. The zero-order valence-corrected chi connectivity index (χ0v) is 23.3.